The Morgan fingerprint density at radius 3 is 2.27 bits per heavy atom. The molecule has 2 aliphatic heterocycles. The summed E-state index contributed by atoms with van der Waals surface area (Å²) in [5.41, 5.74) is 5.24. The van der Waals surface area contributed by atoms with Gasteiger partial charge in [-0.25, -0.2) is 12.9 Å². The van der Waals surface area contributed by atoms with Crippen molar-refractivity contribution >= 4 is 73.6 Å². The van der Waals surface area contributed by atoms with Gasteiger partial charge in [-0.2, -0.15) is 9.40 Å². The summed E-state index contributed by atoms with van der Waals surface area (Å²) in [7, 11) is -2.48. The third kappa shape index (κ3) is 14.5. The van der Waals surface area contributed by atoms with Crippen molar-refractivity contribution in [2.24, 2.45) is 10.4 Å². The average Bonchev–Trinajstić information content (AvgIpc) is 4.31. The number of aliphatic imine (C=N–C) groups is 1. The fraction of sp³-hybridized carbons (Fsp3) is 0.455. The van der Waals surface area contributed by atoms with E-state index in [-0.39, 0.29) is 107 Å². The fourth-order valence-electron chi connectivity index (χ4n) is 8.98. The number of ether oxygens (including phenoxy) is 6. The van der Waals surface area contributed by atoms with Gasteiger partial charge < -0.3 is 39.1 Å². The van der Waals surface area contributed by atoms with Crippen LogP contribution in [0.3, 0.4) is 0 Å². The molecule has 0 spiro atoms. The van der Waals surface area contributed by atoms with Gasteiger partial charge >= 0.3 is 11.9 Å². The first kappa shape index (κ1) is 58.7. The van der Waals surface area contributed by atoms with Gasteiger partial charge in [-0.15, -0.1) is 21.5 Å². The molecule has 2 amide bonds. The van der Waals surface area contributed by atoms with Crippen molar-refractivity contribution in [2.75, 3.05) is 78.5 Å². The summed E-state index contributed by atoms with van der Waals surface area (Å²) in [4.78, 5) is 57.7. The number of aryl methyl sites for hydroxylation is 2. The van der Waals surface area contributed by atoms with Gasteiger partial charge in [-0.3, -0.25) is 28.7 Å². The predicted octanol–water partition coefficient (Wildman–Crippen LogP) is 7.13. The molecule has 8 rings (SSSR count). The number of esters is 2. The van der Waals surface area contributed by atoms with E-state index in [9.17, 15) is 27.6 Å². The molecule has 0 bridgehead atoms. The highest BCUT2D eigenvalue weighted by molar-refractivity contribution is 7.89. The highest BCUT2D eigenvalue weighted by Crippen LogP contribution is 2.40. The zero-order chi connectivity index (χ0) is 56.4. The number of hydrogen-bond acceptors (Lipinski definition) is 17. The second kappa shape index (κ2) is 26.2. The monoisotopic (exact) mass is 1140 g/mol. The first-order valence-electron chi connectivity index (χ1n) is 25.9. The van der Waals surface area contributed by atoms with E-state index < -0.39 is 40.2 Å². The normalized spacial score (nSPS) is 15.0. The summed E-state index contributed by atoms with van der Waals surface area (Å²) < 4.78 is 66.6. The molecule has 6 aromatic rings. The van der Waals surface area contributed by atoms with Gasteiger partial charge in [0, 0.05) is 70.8 Å². The minimum absolute atomic E-state index is 0.00352. The molecule has 0 radical (unpaired) electrons. The highest BCUT2D eigenvalue weighted by atomic mass is 35.5. The number of nitrogens with one attached hydrogen (secondary N) is 2. The number of piperidine rings is 1. The molecule has 422 valence electrons. The van der Waals surface area contributed by atoms with E-state index in [1.165, 1.54) is 16.6 Å². The Bertz CT molecular complexity index is 3310. The van der Waals surface area contributed by atoms with E-state index in [0.717, 1.165) is 32.3 Å². The molecule has 79 heavy (non-hydrogen) atoms. The molecule has 0 saturated carbocycles. The van der Waals surface area contributed by atoms with Crippen LogP contribution >= 0.6 is 22.9 Å². The summed E-state index contributed by atoms with van der Waals surface area (Å²) >= 11 is 7.89. The number of rotatable bonds is 24. The van der Waals surface area contributed by atoms with Crippen molar-refractivity contribution in [3.63, 3.8) is 0 Å². The Labute approximate surface area is 468 Å². The summed E-state index contributed by atoms with van der Waals surface area (Å²) in [5.74, 6) is -0.436. The quantitative estimate of drug-likeness (QED) is 0.0348. The van der Waals surface area contributed by atoms with Gasteiger partial charge in [-0.05, 0) is 102 Å². The van der Waals surface area contributed by atoms with Crippen molar-refractivity contribution < 1.29 is 56.0 Å². The number of anilines is 1. The van der Waals surface area contributed by atoms with E-state index in [2.05, 4.69) is 39.8 Å². The number of fused-ring (bicyclic) bond motifs is 4. The molecule has 1 fully saturated rings. The van der Waals surface area contributed by atoms with Crippen LogP contribution in [0.1, 0.15) is 91.3 Å². The molecule has 6 heterocycles. The zero-order valence-corrected chi connectivity index (χ0v) is 47.7. The maximum Gasteiger partial charge on any atom is 0.314 e. The van der Waals surface area contributed by atoms with E-state index in [1.54, 1.807) is 74.2 Å². The van der Waals surface area contributed by atoms with Crippen molar-refractivity contribution in [2.45, 2.75) is 90.7 Å². The first-order chi connectivity index (χ1) is 37.8. The summed E-state index contributed by atoms with van der Waals surface area (Å²) in [5, 5.41) is 20.5. The Balaban J connectivity index is 0.781. The lowest BCUT2D eigenvalue weighted by Gasteiger charge is -2.31. The number of methoxy groups -OCH3 is 1. The molecule has 2 aliphatic rings. The Kier molecular flexibility index (Phi) is 19.5. The minimum atomic E-state index is -4.09. The van der Waals surface area contributed by atoms with Crippen LogP contribution < -0.4 is 10.6 Å². The van der Waals surface area contributed by atoms with Gasteiger partial charge in [0.05, 0.1) is 92.7 Å². The average molecular weight is 1140 g/mol. The molecule has 0 unspecified atom stereocenters. The SMILES string of the molecule is COC1CCN(S(=O)(=O)c2cc(NC(=O)CCOCCOCCOCCNC(=O)C[C@@H]3N=C(c4ccc(Cl)cc4)c4c(sc(C)c4C)-n4c(C)nnc43)ccc2-c2ccn3ncc(CC(=O)OCOC(=O)C(C)(C)C)c3c2)CC1. The third-order valence-corrected chi connectivity index (χ3v) is 16.8. The number of benzene rings is 2. The molecule has 24 heteroatoms. The number of hydrogen-bond donors (Lipinski definition) is 2. The number of carbonyl (C=O) groups is 4. The maximum atomic E-state index is 14.4. The molecule has 0 aliphatic carbocycles. The molecular formula is C55H66ClN9O12S2. The third-order valence-electron chi connectivity index (χ3n) is 13.4. The second-order valence-corrected chi connectivity index (χ2v) is 23.6. The molecule has 1 saturated heterocycles. The number of amides is 2. The standard InChI is InChI=1S/C55H66ClN9O12S2/c1-34-35(2)78-53-50(34)51(37-8-10-40(56)11-9-37)60-44(52-62-61-36(3)65(52)53)31-48(67)57-18-23-74-25-27-75-26-24-73-22-17-47(66)59-41-12-13-43(46(30-41)79(70,71)63-19-15-42(72-7)16-20-63)38-14-21-64-45(28-38)39(32-58-64)29-49(68)76-33-77-54(69)55(4,5)6/h8-14,21,28,30,32,42,44H,15-20,22-27,29,31,33H2,1-7H3,(H,57,67)(H,59,66)/t44-/m0/s1. The smallest absolute Gasteiger partial charge is 0.314 e. The van der Waals surface area contributed by atoms with E-state index >= 15 is 0 Å². The Hall–Kier alpha value is -6.44. The van der Waals surface area contributed by atoms with Crippen LogP contribution in [0.4, 0.5) is 5.69 Å². The van der Waals surface area contributed by atoms with Crippen LogP contribution in [0, 0.1) is 26.2 Å². The maximum absolute atomic E-state index is 14.4. The van der Waals surface area contributed by atoms with Gasteiger partial charge in [-0.1, -0.05) is 29.8 Å². The molecule has 2 aromatic carbocycles. The van der Waals surface area contributed by atoms with Crippen LogP contribution in [-0.2, 0) is 64.0 Å². The molecular weight excluding hydrogens is 1080 g/mol. The van der Waals surface area contributed by atoms with Crippen LogP contribution in [-0.4, -0.2) is 146 Å². The van der Waals surface area contributed by atoms with E-state index in [0.29, 0.717) is 51.7 Å². The number of thiophene rings is 1. The lowest BCUT2D eigenvalue weighted by Crippen LogP contribution is -2.40. The number of aromatic nitrogens is 5. The molecule has 2 N–H and O–H groups in total. The second-order valence-electron chi connectivity index (χ2n) is 20.1. The van der Waals surface area contributed by atoms with E-state index in [4.69, 9.17) is 45.0 Å². The summed E-state index contributed by atoms with van der Waals surface area (Å²) in [6.45, 7) is 12.8. The van der Waals surface area contributed by atoms with Crippen molar-refractivity contribution in [3.05, 3.63) is 111 Å². The van der Waals surface area contributed by atoms with Gasteiger partial charge in [0.25, 0.3) is 0 Å². The van der Waals surface area contributed by atoms with Gasteiger partial charge in [0.1, 0.15) is 16.9 Å². The lowest BCUT2D eigenvalue weighted by atomic mass is 9.98. The molecule has 1 atom stereocenters. The van der Waals surface area contributed by atoms with Gasteiger partial charge in [0.2, 0.25) is 28.6 Å². The van der Waals surface area contributed by atoms with Crippen molar-refractivity contribution in [1.29, 1.82) is 0 Å². The summed E-state index contributed by atoms with van der Waals surface area (Å²) in [6, 6.07) is 15.1. The minimum Gasteiger partial charge on any atom is -0.428 e. The van der Waals surface area contributed by atoms with Crippen LogP contribution in [0.25, 0.3) is 21.6 Å². The Morgan fingerprint density at radius 1 is 0.848 bits per heavy atom. The van der Waals surface area contributed by atoms with Crippen LogP contribution in [0.2, 0.25) is 5.02 Å². The first-order valence-corrected chi connectivity index (χ1v) is 28.6. The highest BCUT2D eigenvalue weighted by Gasteiger charge is 2.34. The molecule has 4 aromatic heterocycles. The van der Waals surface area contributed by atoms with Gasteiger partial charge in [0.15, 0.2) is 5.82 Å². The van der Waals surface area contributed by atoms with Crippen LogP contribution in [0.5, 0.6) is 0 Å². The number of sulfonamides is 1. The largest absolute Gasteiger partial charge is 0.428 e. The number of carbonyl (C=O) groups excluding carboxylic acids is 4. The molecule has 21 nitrogen and oxygen atoms in total. The fourth-order valence-corrected chi connectivity index (χ4v) is 12.0. The number of pyridine rings is 1. The number of nitrogens with zero attached hydrogens (tertiary/aromatic N) is 7. The van der Waals surface area contributed by atoms with Crippen molar-refractivity contribution in [1.82, 2.24) is 34.0 Å². The van der Waals surface area contributed by atoms with E-state index in [1.807, 2.05) is 35.8 Å². The lowest BCUT2D eigenvalue weighted by molar-refractivity contribution is -0.172. The van der Waals surface area contributed by atoms with Crippen molar-refractivity contribution in [3.8, 4) is 16.1 Å². The zero-order valence-electron chi connectivity index (χ0n) is 45.3. The Morgan fingerprint density at radius 2 is 1.56 bits per heavy atom. The number of halogens is 1. The topological polar surface area (TPSA) is 245 Å². The predicted molar refractivity (Wildman–Crippen MR) is 296 cm³/mol. The van der Waals surface area contributed by atoms with Crippen LogP contribution in [0.15, 0.2) is 76.9 Å². The summed E-state index contributed by atoms with van der Waals surface area (Å²) in [6.07, 6.45) is 4.04.